The van der Waals surface area contributed by atoms with E-state index in [-0.39, 0.29) is 23.8 Å². The first-order valence-electron chi connectivity index (χ1n) is 10.2. The number of hydrogen-bond donors (Lipinski definition) is 2. The molecular formula is C25H17N3O5S. The molecule has 0 radical (unpaired) electrons. The average Bonchev–Trinajstić information content (AvgIpc) is 3.53. The van der Waals surface area contributed by atoms with Crippen molar-refractivity contribution in [3.05, 3.63) is 89.1 Å². The Labute approximate surface area is 197 Å². The second kappa shape index (κ2) is 9.16. The number of ether oxygens (including phenoxy) is 1. The van der Waals surface area contributed by atoms with Gasteiger partial charge in [-0.1, -0.05) is 36.4 Å². The first-order chi connectivity index (χ1) is 16.6. The molecule has 0 saturated carbocycles. The number of benzene rings is 2. The minimum atomic E-state index is -1.30. The number of carbonyl (C=O) groups excluding carboxylic acids is 1. The Bertz CT molecular complexity index is 1480. The fraction of sp³-hybridized carbons (Fsp3) is 0.0400. The lowest BCUT2D eigenvalue weighted by Crippen LogP contribution is -2.17. The van der Waals surface area contributed by atoms with E-state index in [1.54, 1.807) is 41.7 Å². The second-order valence-corrected chi connectivity index (χ2v) is 8.09. The minimum absolute atomic E-state index is 0.0674. The van der Waals surface area contributed by atoms with Gasteiger partial charge in [-0.15, -0.1) is 0 Å². The Morgan fingerprint density at radius 2 is 1.88 bits per heavy atom. The van der Waals surface area contributed by atoms with Gasteiger partial charge < -0.3 is 14.3 Å². The molecule has 3 aromatic heterocycles. The number of carboxylic acids is 1. The van der Waals surface area contributed by atoms with Gasteiger partial charge in [-0.3, -0.25) is 5.32 Å². The minimum Gasteiger partial charge on any atom is -0.476 e. The van der Waals surface area contributed by atoms with E-state index in [0.29, 0.717) is 16.9 Å². The molecule has 0 spiro atoms. The zero-order chi connectivity index (χ0) is 23.5. The molecule has 0 saturated heterocycles. The van der Waals surface area contributed by atoms with Crippen molar-refractivity contribution in [3.63, 3.8) is 0 Å². The van der Waals surface area contributed by atoms with Crippen molar-refractivity contribution in [1.29, 1.82) is 0 Å². The Hall–Kier alpha value is -4.50. The number of thiophene rings is 1. The summed E-state index contributed by atoms with van der Waals surface area (Å²) in [6.07, 6.45) is 0.394. The number of carboxylic acid groups (broad SMARTS) is 1. The first-order valence-corrected chi connectivity index (χ1v) is 11.2. The molecule has 5 rings (SSSR count). The van der Waals surface area contributed by atoms with Gasteiger partial charge >= 0.3 is 12.1 Å². The number of fused-ring (bicyclic) bond motifs is 1. The van der Waals surface area contributed by atoms with Gasteiger partial charge in [0, 0.05) is 10.9 Å². The summed E-state index contributed by atoms with van der Waals surface area (Å²) in [7, 11) is 0. The molecule has 2 N–H and O–H groups in total. The van der Waals surface area contributed by atoms with Gasteiger partial charge in [0.25, 0.3) is 0 Å². The molecule has 3 heterocycles. The Morgan fingerprint density at radius 1 is 1.03 bits per heavy atom. The van der Waals surface area contributed by atoms with E-state index in [1.165, 1.54) is 6.20 Å². The summed E-state index contributed by atoms with van der Waals surface area (Å²) in [6, 6.07) is 18.6. The van der Waals surface area contributed by atoms with Crippen LogP contribution >= 0.6 is 11.3 Å². The van der Waals surface area contributed by atoms with Crippen LogP contribution in [0.4, 0.5) is 10.5 Å². The normalized spacial score (nSPS) is 10.8. The molecule has 34 heavy (non-hydrogen) atoms. The number of aromatic carboxylic acids is 1. The number of amides is 1. The fourth-order valence-electron chi connectivity index (χ4n) is 3.42. The average molecular weight is 471 g/mol. The Morgan fingerprint density at radius 3 is 2.65 bits per heavy atom. The van der Waals surface area contributed by atoms with E-state index in [4.69, 9.17) is 9.15 Å². The monoisotopic (exact) mass is 471 g/mol. The lowest BCUT2D eigenvalue weighted by atomic mass is 10.1. The van der Waals surface area contributed by atoms with E-state index in [2.05, 4.69) is 20.7 Å². The first kappa shape index (κ1) is 21.4. The van der Waals surface area contributed by atoms with Gasteiger partial charge in [0.15, 0.2) is 18.1 Å². The van der Waals surface area contributed by atoms with E-state index in [9.17, 15) is 14.7 Å². The summed E-state index contributed by atoms with van der Waals surface area (Å²) >= 11 is 1.63. The molecule has 5 aromatic rings. The van der Waals surface area contributed by atoms with Gasteiger partial charge in [-0.25, -0.2) is 19.6 Å². The van der Waals surface area contributed by atoms with E-state index >= 15 is 0 Å². The molecule has 0 aliphatic heterocycles. The number of rotatable bonds is 6. The molecule has 0 fully saturated rings. The van der Waals surface area contributed by atoms with Crippen molar-refractivity contribution < 1.29 is 23.8 Å². The summed E-state index contributed by atoms with van der Waals surface area (Å²) in [5.41, 5.74) is 3.12. The van der Waals surface area contributed by atoms with Gasteiger partial charge in [-0.05, 0) is 46.2 Å². The molecule has 0 bridgehead atoms. The maximum atomic E-state index is 12.3. The summed E-state index contributed by atoms with van der Waals surface area (Å²) in [6.45, 7) is -0.125. The van der Waals surface area contributed by atoms with Crippen LogP contribution in [-0.4, -0.2) is 27.1 Å². The van der Waals surface area contributed by atoms with E-state index in [0.717, 1.165) is 16.5 Å². The SMILES string of the molecule is O=C(Nc1cnc(-c2ccccc2)nc1C(=O)O)OCc1cc2cc(-c3ccsc3)ccc2o1. The van der Waals surface area contributed by atoms with Crippen molar-refractivity contribution in [3.8, 4) is 22.5 Å². The van der Waals surface area contributed by atoms with Crippen molar-refractivity contribution in [1.82, 2.24) is 9.97 Å². The molecule has 0 aliphatic carbocycles. The van der Waals surface area contributed by atoms with E-state index < -0.39 is 12.1 Å². The topological polar surface area (TPSA) is 115 Å². The van der Waals surface area contributed by atoms with Crippen LogP contribution in [-0.2, 0) is 11.3 Å². The number of anilines is 1. The highest BCUT2D eigenvalue weighted by Gasteiger charge is 2.18. The third-order valence-corrected chi connectivity index (χ3v) is 5.71. The van der Waals surface area contributed by atoms with Gasteiger partial charge in [0.2, 0.25) is 0 Å². The summed E-state index contributed by atoms with van der Waals surface area (Å²) in [5, 5.41) is 16.9. The van der Waals surface area contributed by atoms with Crippen LogP contribution in [0, 0.1) is 0 Å². The predicted molar refractivity (Wildman–Crippen MR) is 128 cm³/mol. The highest BCUT2D eigenvalue weighted by molar-refractivity contribution is 7.08. The van der Waals surface area contributed by atoms with Crippen molar-refractivity contribution in [2.75, 3.05) is 5.32 Å². The molecule has 1 amide bonds. The number of nitrogens with zero attached hydrogens (tertiary/aromatic N) is 2. The quantitative estimate of drug-likeness (QED) is 0.309. The zero-order valence-corrected chi connectivity index (χ0v) is 18.4. The number of carbonyl (C=O) groups is 2. The predicted octanol–water partition coefficient (Wildman–Crippen LogP) is 6.07. The van der Waals surface area contributed by atoms with Crippen molar-refractivity contribution >= 4 is 40.1 Å². The lowest BCUT2D eigenvalue weighted by molar-refractivity contribution is 0.0691. The molecule has 2 aromatic carbocycles. The lowest BCUT2D eigenvalue weighted by Gasteiger charge is -2.09. The van der Waals surface area contributed by atoms with Gasteiger partial charge in [0.1, 0.15) is 11.3 Å². The van der Waals surface area contributed by atoms with Crippen LogP contribution in [0.15, 0.2) is 82.0 Å². The Kier molecular flexibility index (Phi) is 5.75. The maximum Gasteiger partial charge on any atom is 0.412 e. The number of furan rings is 1. The molecule has 0 unspecified atom stereocenters. The van der Waals surface area contributed by atoms with Crippen LogP contribution in [0.3, 0.4) is 0 Å². The molecule has 9 heteroatoms. The number of nitrogens with one attached hydrogen (secondary N) is 1. The second-order valence-electron chi connectivity index (χ2n) is 7.31. The van der Waals surface area contributed by atoms with Crippen LogP contribution in [0.5, 0.6) is 0 Å². The molecule has 0 atom stereocenters. The van der Waals surface area contributed by atoms with Gasteiger partial charge in [-0.2, -0.15) is 11.3 Å². The van der Waals surface area contributed by atoms with Crippen LogP contribution < -0.4 is 5.32 Å². The smallest absolute Gasteiger partial charge is 0.412 e. The van der Waals surface area contributed by atoms with Gasteiger partial charge in [0.05, 0.1) is 11.9 Å². The molecule has 8 nitrogen and oxygen atoms in total. The highest BCUT2D eigenvalue weighted by atomic mass is 32.1. The van der Waals surface area contributed by atoms with Crippen LogP contribution in [0.25, 0.3) is 33.5 Å². The number of aromatic nitrogens is 2. The Balaban J connectivity index is 1.28. The van der Waals surface area contributed by atoms with Crippen molar-refractivity contribution in [2.45, 2.75) is 6.61 Å². The fourth-order valence-corrected chi connectivity index (χ4v) is 4.09. The standard InChI is InChI=1S/C25H17N3O5S/c29-24(30)22-20(12-26-23(28-22)15-4-2-1-3-5-15)27-25(31)32-13-19-11-18-10-16(6-7-21(18)33-19)17-8-9-34-14-17/h1-12,14H,13H2,(H,27,31)(H,29,30). The molecule has 168 valence electrons. The summed E-state index contributed by atoms with van der Waals surface area (Å²) < 4.78 is 11.0. The van der Waals surface area contributed by atoms with Crippen LogP contribution in [0.2, 0.25) is 0 Å². The molecular weight excluding hydrogens is 454 g/mol. The van der Waals surface area contributed by atoms with Crippen molar-refractivity contribution in [2.24, 2.45) is 0 Å². The van der Waals surface area contributed by atoms with E-state index in [1.807, 2.05) is 35.7 Å². The third-order valence-electron chi connectivity index (χ3n) is 5.03. The summed E-state index contributed by atoms with van der Waals surface area (Å²) in [5.74, 6) is -0.601. The van der Waals surface area contributed by atoms with Crippen LogP contribution in [0.1, 0.15) is 16.2 Å². The highest BCUT2D eigenvalue weighted by Crippen LogP contribution is 2.28. The summed E-state index contributed by atoms with van der Waals surface area (Å²) in [4.78, 5) is 32.2. The molecule has 0 aliphatic rings. The number of hydrogen-bond acceptors (Lipinski definition) is 7. The zero-order valence-electron chi connectivity index (χ0n) is 17.6. The maximum absolute atomic E-state index is 12.3. The third kappa shape index (κ3) is 4.50. The largest absolute Gasteiger partial charge is 0.476 e.